The Labute approximate surface area is 228 Å². The maximum atomic E-state index is 13.7. The number of anilines is 2. The maximum Gasteiger partial charge on any atom is 0.264 e. The van der Waals surface area contributed by atoms with Gasteiger partial charge >= 0.3 is 0 Å². The van der Waals surface area contributed by atoms with E-state index in [1.165, 1.54) is 27.8 Å². The van der Waals surface area contributed by atoms with Gasteiger partial charge in [-0.1, -0.05) is 35.6 Å². The molecule has 0 fully saturated rings. The summed E-state index contributed by atoms with van der Waals surface area (Å²) >= 11 is 1.51. The monoisotopic (exact) mass is 548 g/mol. The van der Waals surface area contributed by atoms with Crippen LogP contribution in [-0.4, -0.2) is 57.9 Å². The quantitative estimate of drug-likeness (QED) is 0.300. The zero-order valence-corrected chi connectivity index (χ0v) is 23.8. The number of carbonyl (C=O) groups is 1. The summed E-state index contributed by atoms with van der Waals surface area (Å²) < 4.78 is 29.3. The summed E-state index contributed by atoms with van der Waals surface area (Å²) in [4.78, 5) is 22.6. The van der Waals surface area contributed by atoms with Crippen molar-refractivity contribution in [1.29, 1.82) is 0 Å². The number of amides is 1. The molecular formula is C29H32N4O3S2. The second kappa shape index (κ2) is 10.5. The molecule has 0 spiro atoms. The van der Waals surface area contributed by atoms with E-state index in [0.717, 1.165) is 45.6 Å². The predicted molar refractivity (Wildman–Crippen MR) is 155 cm³/mol. The first-order valence-electron chi connectivity index (χ1n) is 12.7. The van der Waals surface area contributed by atoms with Gasteiger partial charge in [0, 0.05) is 18.7 Å². The Morgan fingerprint density at radius 1 is 1.03 bits per heavy atom. The molecule has 198 valence electrons. The molecule has 4 aromatic rings. The van der Waals surface area contributed by atoms with Gasteiger partial charge in [0.25, 0.3) is 15.9 Å². The fourth-order valence-corrected chi connectivity index (χ4v) is 7.58. The highest BCUT2D eigenvalue weighted by molar-refractivity contribution is 7.92. The van der Waals surface area contributed by atoms with Crippen LogP contribution in [0.4, 0.5) is 10.8 Å². The van der Waals surface area contributed by atoms with E-state index in [9.17, 15) is 13.2 Å². The second-order valence-corrected chi connectivity index (χ2v) is 12.9. The van der Waals surface area contributed by atoms with Crippen molar-refractivity contribution in [2.45, 2.75) is 31.6 Å². The number of nitrogens with zero attached hydrogens (tertiary/aromatic N) is 4. The summed E-state index contributed by atoms with van der Waals surface area (Å²) in [5.41, 5.74) is 5.34. The number of aromatic nitrogens is 1. The number of sulfonamides is 1. The summed E-state index contributed by atoms with van der Waals surface area (Å²) in [5, 5.41) is 0.655. The van der Waals surface area contributed by atoms with Gasteiger partial charge in [-0.25, -0.2) is 13.4 Å². The van der Waals surface area contributed by atoms with Crippen LogP contribution in [0.3, 0.4) is 0 Å². The number of aryl methyl sites for hydroxylation is 2. The van der Waals surface area contributed by atoms with Crippen molar-refractivity contribution in [3.63, 3.8) is 0 Å². The van der Waals surface area contributed by atoms with Crippen molar-refractivity contribution < 1.29 is 13.2 Å². The molecule has 5 rings (SSSR count). The third kappa shape index (κ3) is 5.06. The Morgan fingerprint density at radius 3 is 2.50 bits per heavy atom. The Hall–Kier alpha value is -3.27. The molecule has 0 bridgehead atoms. The minimum absolute atomic E-state index is 0.177. The van der Waals surface area contributed by atoms with Crippen LogP contribution in [0.25, 0.3) is 10.2 Å². The SMILES string of the molecule is Cc1cc(C)c2nc(N(CCCN(C)C)C(=O)c3ccc(S(=O)(=O)N4CCc5ccccc54)cc3)sc2c1. The molecule has 2 heterocycles. The van der Waals surface area contributed by atoms with Crippen LogP contribution >= 0.6 is 11.3 Å². The Kier molecular flexibility index (Phi) is 7.26. The summed E-state index contributed by atoms with van der Waals surface area (Å²) in [5.74, 6) is -0.187. The number of hydrogen-bond acceptors (Lipinski definition) is 6. The molecule has 0 atom stereocenters. The van der Waals surface area contributed by atoms with Gasteiger partial charge in [-0.05, 0) is 100 Å². The maximum absolute atomic E-state index is 13.7. The van der Waals surface area contributed by atoms with Crippen LogP contribution < -0.4 is 9.21 Å². The van der Waals surface area contributed by atoms with E-state index in [4.69, 9.17) is 4.98 Å². The van der Waals surface area contributed by atoms with Gasteiger partial charge in [-0.2, -0.15) is 0 Å². The third-order valence-corrected chi connectivity index (χ3v) is 9.67. The second-order valence-electron chi connectivity index (χ2n) is 10.0. The summed E-state index contributed by atoms with van der Waals surface area (Å²) in [6, 6.07) is 18.1. The van der Waals surface area contributed by atoms with E-state index in [1.807, 2.05) is 45.3 Å². The summed E-state index contributed by atoms with van der Waals surface area (Å²) in [6.07, 6.45) is 1.47. The van der Waals surface area contributed by atoms with Gasteiger partial charge in [0.1, 0.15) is 0 Å². The molecule has 0 saturated carbocycles. The van der Waals surface area contributed by atoms with Gasteiger partial charge in [-0.3, -0.25) is 14.0 Å². The van der Waals surface area contributed by atoms with E-state index in [1.54, 1.807) is 17.0 Å². The lowest BCUT2D eigenvalue weighted by molar-refractivity contribution is 0.0986. The van der Waals surface area contributed by atoms with E-state index in [-0.39, 0.29) is 10.8 Å². The van der Waals surface area contributed by atoms with Gasteiger partial charge < -0.3 is 4.90 Å². The Balaban J connectivity index is 1.44. The summed E-state index contributed by atoms with van der Waals surface area (Å²) in [6.45, 7) is 5.86. The molecule has 1 aliphatic rings. The lowest BCUT2D eigenvalue weighted by atomic mass is 10.1. The smallest absolute Gasteiger partial charge is 0.264 e. The molecule has 1 aromatic heterocycles. The highest BCUT2D eigenvalue weighted by Gasteiger charge is 2.31. The van der Waals surface area contributed by atoms with Crippen LogP contribution in [0, 0.1) is 13.8 Å². The number of benzene rings is 3. The predicted octanol–water partition coefficient (Wildman–Crippen LogP) is 5.26. The molecule has 0 radical (unpaired) electrons. The van der Waals surface area contributed by atoms with E-state index in [2.05, 4.69) is 24.0 Å². The van der Waals surface area contributed by atoms with Crippen molar-refractivity contribution in [2.24, 2.45) is 0 Å². The number of carbonyl (C=O) groups excluding carboxylic acids is 1. The number of fused-ring (bicyclic) bond motifs is 2. The topological polar surface area (TPSA) is 73.8 Å². The van der Waals surface area contributed by atoms with E-state index < -0.39 is 10.0 Å². The van der Waals surface area contributed by atoms with Crippen molar-refractivity contribution in [2.75, 3.05) is 42.9 Å². The molecule has 0 aliphatic carbocycles. The minimum Gasteiger partial charge on any atom is -0.309 e. The first-order valence-corrected chi connectivity index (χ1v) is 15.0. The molecule has 0 N–H and O–H groups in total. The van der Waals surface area contributed by atoms with Crippen LogP contribution in [0.15, 0.2) is 65.6 Å². The molecule has 1 aliphatic heterocycles. The Bertz CT molecular complexity index is 1590. The molecule has 7 nitrogen and oxygen atoms in total. The normalized spacial score (nSPS) is 13.3. The highest BCUT2D eigenvalue weighted by atomic mass is 32.2. The van der Waals surface area contributed by atoms with E-state index in [0.29, 0.717) is 30.2 Å². The van der Waals surface area contributed by atoms with Crippen LogP contribution in [0.2, 0.25) is 0 Å². The van der Waals surface area contributed by atoms with E-state index >= 15 is 0 Å². The number of hydrogen-bond donors (Lipinski definition) is 0. The summed E-state index contributed by atoms with van der Waals surface area (Å²) in [7, 11) is 0.291. The standard InChI is InChI=1S/C29H32N4O3S2/c1-20-18-21(2)27-26(19-20)37-29(30-27)32(16-7-15-31(3)4)28(34)23-10-12-24(13-11-23)38(35,36)33-17-14-22-8-5-6-9-25(22)33/h5-6,8-13,18-19H,7,14-17H2,1-4H3. The molecule has 0 unspecified atom stereocenters. The molecule has 3 aromatic carbocycles. The van der Waals surface area contributed by atoms with Crippen molar-refractivity contribution in [3.8, 4) is 0 Å². The van der Waals surface area contributed by atoms with Crippen molar-refractivity contribution in [1.82, 2.24) is 9.88 Å². The van der Waals surface area contributed by atoms with Crippen LogP contribution in [0.1, 0.15) is 33.5 Å². The third-order valence-electron chi connectivity index (χ3n) is 6.82. The molecule has 9 heteroatoms. The number of rotatable bonds is 8. The van der Waals surface area contributed by atoms with Gasteiger partial charge in [0.2, 0.25) is 0 Å². The zero-order chi connectivity index (χ0) is 27.0. The fraction of sp³-hybridized carbons (Fsp3) is 0.310. The number of thiazole rings is 1. The first kappa shape index (κ1) is 26.3. The number of para-hydroxylation sites is 1. The first-order chi connectivity index (χ1) is 18.1. The molecule has 0 saturated heterocycles. The minimum atomic E-state index is -3.72. The van der Waals surface area contributed by atoms with Crippen molar-refractivity contribution in [3.05, 3.63) is 82.9 Å². The molecule has 1 amide bonds. The molecule has 38 heavy (non-hydrogen) atoms. The zero-order valence-electron chi connectivity index (χ0n) is 22.1. The highest BCUT2D eigenvalue weighted by Crippen LogP contribution is 2.34. The van der Waals surface area contributed by atoms with Gasteiger partial charge in [0.05, 0.1) is 20.8 Å². The van der Waals surface area contributed by atoms with Crippen LogP contribution in [0.5, 0.6) is 0 Å². The van der Waals surface area contributed by atoms with Gasteiger partial charge in [0.15, 0.2) is 5.13 Å². The molecular weight excluding hydrogens is 516 g/mol. The Morgan fingerprint density at radius 2 is 1.76 bits per heavy atom. The lowest BCUT2D eigenvalue weighted by Crippen LogP contribution is -2.33. The average Bonchev–Trinajstić information content (AvgIpc) is 3.51. The van der Waals surface area contributed by atoms with Gasteiger partial charge in [-0.15, -0.1) is 0 Å². The van der Waals surface area contributed by atoms with Crippen molar-refractivity contribution >= 4 is 48.3 Å². The van der Waals surface area contributed by atoms with Crippen LogP contribution in [-0.2, 0) is 16.4 Å². The fourth-order valence-electron chi connectivity index (χ4n) is 4.91. The lowest BCUT2D eigenvalue weighted by Gasteiger charge is -2.22. The largest absolute Gasteiger partial charge is 0.309 e. The average molecular weight is 549 g/mol.